The highest BCUT2D eigenvalue weighted by atomic mass is 32.1. The van der Waals surface area contributed by atoms with Crippen LogP contribution in [0.15, 0.2) is 23.0 Å². The Hall–Kier alpha value is -3.22. The molecule has 3 aromatic rings. The van der Waals surface area contributed by atoms with E-state index in [4.69, 9.17) is 9.47 Å². The average molecular weight is 441 g/mol. The van der Waals surface area contributed by atoms with Gasteiger partial charge < -0.3 is 18.9 Å². The molecular weight excluding hydrogens is 427 g/mol. The Morgan fingerprint density at radius 1 is 1.33 bits per heavy atom. The van der Waals surface area contributed by atoms with E-state index in [-0.39, 0.29) is 24.3 Å². The van der Waals surface area contributed by atoms with Crippen molar-refractivity contribution in [1.29, 1.82) is 0 Å². The first-order chi connectivity index (χ1) is 14.3. The van der Waals surface area contributed by atoms with E-state index in [9.17, 15) is 18.0 Å². The molecule has 0 saturated carbocycles. The van der Waals surface area contributed by atoms with Crippen molar-refractivity contribution in [2.75, 3.05) is 20.3 Å². The van der Waals surface area contributed by atoms with Crippen LogP contribution < -0.4 is 9.47 Å². The third-order valence-electron chi connectivity index (χ3n) is 4.26. The summed E-state index contributed by atoms with van der Waals surface area (Å²) in [6.45, 7) is 0.590. The molecule has 0 spiro atoms. The van der Waals surface area contributed by atoms with Gasteiger partial charge in [0.05, 0.1) is 24.4 Å². The number of thiophene rings is 1. The number of halogens is 3. The molecule has 0 atom stereocenters. The summed E-state index contributed by atoms with van der Waals surface area (Å²) in [6, 6.07) is 1.87. The average Bonchev–Trinajstić information content (AvgIpc) is 3.38. The smallest absolute Gasteiger partial charge is 0.471 e. The summed E-state index contributed by atoms with van der Waals surface area (Å²) in [5, 5.41) is 3.41. The summed E-state index contributed by atoms with van der Waals surface area (Å²) in [5.74, 6) is -1.41. The molecule has 0 aromatic carbocycles. The van der Waals surface area contributed by atoms with Crippen LogP contribution in [0.1, 0.15) is 16.3 Å². The molecule has 0 radical (unpaired) electrons. The van der Waals surface area contributed by atoms with E-state index in [0.717, 1.165) is 10.4 Å². The molecule has 3 aromatic heterocycles. The maximum absolute atomic E-state index is 12.7. The van der Waals surface area contributed by atoms with Crippen molar-refractivity contribution in [1.82, 2.24) is 25.0 Å². The first-order valence-corrected chi connectivity index (χ1v) is 9.44. The van der Waals surface area contributed by atoms with Crippen molar-refractivity contribution in [3.05, 3.63) is 34.8 Å². The number of nitrogens with zero attached hydrogens (tertiary/aromatic N) is 5. The van der Waals surface area contributed by atoms with Crippen LogP contribution in [0.5, 0.6) is 11.8 Å². The first-order valence-electron chi connectivity index (χ1n) is 8.63. The van der Waals surface area contributed by atoms with E-state index in [0.29, 0.717) is 30.1 Å². The van der Waals surface area contributed by atoms with E-state index < -0.39 is 12.1 Å². The zero-order valence-corrected chi connectivity index (χ0v) is 16.3. The van der Waals surface area contributed by atoms with Gasteiger partial charge in [-0.2, -0.15) is 28.1 Å². The van der Waals surface area contributed by atoms with Crippen LogP contribution in [-0.4, -0.2) is 51.2 Å². The first kappa shape index (κ1) is 20.1. The van der Waals surface area contributed by atoms with Gasteiger partial charge in [0.1, 0.15) is 0 Å². The number of methoxy groups -OCH3 is 1. The highest BCUT2D eigenvalue weighted by molar-refractivity contribution is 7.15. The zero-order chi connectivity index (χ0) is 21.3. The SMILES string of the molecule is COc1ncc(OCC(=O)N2CCc3sc(-c4noc(C(F)(F)F)n4)cc3C2)cn1. The van der Waals surface area contributed by atoms with Gasteiger partial charge >= 0.3 is 18.1 Å². The van der Waals surface area contributed by atoms with Crippen LogP contribution in [-0.2, 0) is 23.9 Å². The lowest BCUT2D eigenvalue weighted by Crippen LogP contribution is -2.38. The minimum absolute atomic E-state index is 0.123. The second kappa shape index (κ2) is 7.89. The molecule has 0 unspecified atom stereocenters. The maximum Gasteiger partial charge on any atom is 0.471 e. The van der Waals surface area contributed by atoms with Gasteiger partial charge in [-0.25, -0.2) is 0 Å². The molecule has 0 saturated heterocycles. The summed E-state index contributed by atoms with van der Waals surface area (Å²) >= 11 is 1.29. The molecule has 30 heavy (non-hydrogen) atoms. The largest absolute Gasteiger partial charge is 0.481 e. The predicted octanol–water partition coefficient (Wildman–Crippen LogP) is 2.58. The topological polar surface area (TPSA) is 103 Å². The van der Waals surface area contributed by atoms with Crippen molar-refractivity contribution < 1.29 is 32.0 Å². The maximum atomic E-state index is 12.7. The molecule has 9 nitrogen and oxygen atoms in total. The van der Waals surface area contributed by atoms with E-state index in [2.05, 4.69) is 24.6 Å². The minimum Gasteiger partial charge on any atom is -0.481 e. The fourth-order valence-corrected chi connectivity index (χ4v) is 3.90. The zero-order valence-electron chi connectivity index (χ0n) is 15.5. The lowest BCUT2D eigenvalue weighted by molar-refractivity contribution is -0.159. The number of hydrogen-bond acceptors (Lipinski definition) is 9. The molecule has 4 heterocycles. The quantitative estimate of drug-likeness (QED) is 0.595. The van der Waals surface area contributed by atoms with Gasteiger partial charge in [0, 0.05) is 18.0 Å². The fourth-order valence-electron chi connectivity index (χ4n) is 2.82. The lowest BCUT2D eigenvalue weighted by Gasteiger charge is -2.26. The van der Waals surface area contributed by atoms with Gasteiger partial charge in [-0.1, -0.05) is 5.16 Å². The Bertz CT molecular complexity index is 1050. The number of fused-ring (bicyclic) bond motifs is 1. The highest BCUT2D eigenvalue weighted by Gasteiger charge is 2.38. The number of ether oxygens (including phenoxy) is 2. The van der Waals surface area contributed by atoms with Gasteiger partial charge in [0.15, 0.2) is 12.4 Å². The lowest BCUT2D eigenvalue weighted by atomic mass is 10.1. The second-order valence-corrected chi connectivity index (χ2v) is 7.38. The summed E-state index contributed by atoms with van der Waals surface area (Å²) in [5.41, 5.74) is 0.834. The molecular formula is C17H14F3N5O4S. The molecule has 1 aliphatic rings. The van der Waals surface area contributed by atoms with Crippen molar-refractivity contribution in [2.24, 2.45) is 0 Å². The van der Waals surface area contributed by atoms with Crippen LogP contribution in [0.4, 0.5) is 13.2 Å². The Morgan fingerprint density at radius 3 is 2.77 bits per heavy atom. The van der Waals surface area contributed by atoms with E-state index in [1.54, 1.807) is 11.0 Å². The summed E-state index contributed by atoms with van der Waals surface area (Å²) < 4.78 is 52.5. The molecule has 4 rings (SSSR count). The fraction of sp³-hybridized carbons (Fsp3) is 0.353. The number of alkyl halides is 3. The Kier molecular flexibility index (Phi) is 5.28. The van der Waals surface area contributed by atoms with Crippen molar-refractivity contribution in [3.63, 3.8) is 0 Å². The Labute approximate surface area is 171 Å². The van der Waals surface area contributed by atoms with E-state index in [1.165, 1.54) is 30.8 Å². The third kappa shape index (κ3) is 4.20. The highest BCUT2D eigenvalue weighted by Crippen LogP contribution is 2.35. The molecule has 0 bridgehead atoms. The van der Waals surface area contributed by atoms with Crippen LogP contribution in [0.3, 0.4) is 0 Å². The molecule has 13 heteroatoms. The van der Waals surface area contributed by atoms with Gasteiger partial charge in [-0.05, 0) is 18.1 Å². The van der Waals surface area contributed by atoms with Crippen LogP contribution in [0, 0.1) is 0 Å². The number of aromatic nitrogens is 4. The number of carbonyl (C=O) groups is 1. The monoisotopic (exact) mass is 441 g/mol. The van der Waals surface area contributed by atoms with Crippen LogP contribution >= 0.6 is 11.3 Å². The molecule has 0 fully saturated rings. The van der Waals surface area contributed by atoms with E-state index >= 15 is 0 Å². The molecule has 0 N–H and O–H groups in total. The molecule has 1 aliphatic heterocycles. The van der Waals surface area contributed by atoms with E-state index in [1.807, 2.05) is 0 Å². The number of rotatable bonds is 5. The minimum atomic E-state index is -4.69. The van der Waals surface area contributed by atoms with Crippen molar-refractivity contribution in [2.45, 2.75) is 19.1 Å². The molecule has 158 valence electrons. The summed E-state index contributed by atoms with van der Waals surface area (Å²) in [4.78, 5) is 26.7. The summed E-state index contributed by atoms with van der Waals surface area (Å²) in [7, 11) is 1.44. The van der Waals surface area contributed by atoms with Crippen LogP contribution in [0.25, 0.3) is 10.7 Å². The Morgan fingerprint density at radius 2 is 2.10 bits per heavy atom. The van der Waals surface area contributed by atoms with Gasteiger partial charge in [-0.15, -0.1) is 11.3 Å². The second-order valence-electron chi connectivity index (χ2n) is 6.24. The van der Waals surface area contributed by atoms with Crippen LogP contribution in [0.2, 0.25) is 0 Å². The Balaban J connectivity index is 1.39. The third-order valence-corrected chi connectivity index (χ3v) is 5.49. The number of hydrogen-bond donors (Lipinski definition) is 0. The molecule has 0 aliphatic carbocycles. The van der Waals surface area contributed by atoms with Gasteiger partial charge in [0.25, 0.3) is 5.91 Å². The normalized spacial score (nSPS) is 13.8. The number of carbonyl (C=O) groups excluding carboxylic acids is 1. The number of amides is 1. The van der Waals surface area contributed by atoms with Gasteiger partial charge in [0.2, 0.25) is 5.82 Å². The summed E-state index contributed by atoms with van der Waals surface area (Å²) in [6.07, 6.45) is -1.32. The van der Waals surface area contributed by atoms with Gasteiger partial charge in [-0.3, -0.25) is 4.79 Å². The standard InChI is InChI=1S/C17H14F3N5O4S/c1-27-16-21-5-10(6-22-16)28-8-13(26)25-3-2-11-9(7-25)4-12(30-11)14-23-15(29-24-14)17(18,19)20/h4-6H,2-3,7-8H2,1H3. The van der Waals surface area contributed by atoms with Crippen molar-refractivity contribution >= 4 is 17.2 Å². The molecule has 1 amide bonds. The van der Waals surface area contributed by atoms with Crippen molar-refractivity contribution in [3.8, 4) is 22.5 Å². The predicted molar refractivity (Wildman–Crippen MR) is 95.8 cm³/mol.